The van der Waals surface area contributed by atoms with Gasteiger partial charge in [0.2, 0.25) is 5.91 Å². The number of rotatable bonds is 5. The Labute approximate surface area is 74.5 Å². The summed E-state index contributed by atoms with van der Waals surface area (Å²) in [5.74, 6) is 0.0617. The minimum atomic E-state index is 0.0617. The number of carbonyl (C=O) groups is 1. The Bertz CT molecular complexity index is 160. The SMILES string of the molecule is C[13C](=O)N[13CH2]CCCC=[N+](C)C. The van der Waals surface area contributed by atoms with E-state index in [4.69, 9.17) is 0 Å². The maximum atomic E-state index is 10.5. The first-order valence-corrected chi connectivity index (χ1v) is 4.37. The molecule has 3 nitrogen and oxygen atoms in total. The van der Waals surface area contributed by atoms with Crippen molar-refractivity contribution in [1.29, 1.82) is 0 Å². The van der Waals surface area contributed by atoms with Crippen LogP contribution in [0.3, 0.4) is 0 Å². The fraction of sp³-hybridized carbons (Fsp3) is 0.778. The third-order valence-electron chi connectivity index (χ3n) is 1.50. The standard InChI is InChI=1S/C9H18N2O/c1-9(12)10-7-5-4-6-8-11(2)3/h8H,4-7H2,1-3H3/p+1/i7+1,9+1. The van der Waals surface area contributed by atoms with E-state index in [1.807, 2.05) is 14.1 Å². The van der Waals surface area contributed by atoms with Crippen LogP contribution in [0, 0.1) is 0 Å². The summed E-state index contributed by atoms with van der Waals surface area (Å²) in [4.78, 5) is 10.5. The molecule has 1 N–H and O–H groups in total. The molecule has 0 aromatic rings. The lowest BCUT2D eigenvalue weighted by molar-refractivity contribution is -0.460. The number of hydrogen-bond donors (Lipinski definition) is 1. The van der Waals surface area contributed by atoms with E-state index in [1.165, 1.54) is 0 Å². The molecule has 70 valence electrons. The van der Waals surface area contributed by atoms with Crippen molar-refractivity contribution < 1.29 is 9.37 Å². The quantitative estimate of drug-likeness (QED) is 0.281. The average Bonchev–Trinajstić information content (AvgIpc) is 1.95. The van der Waals surface area contributed by atoms with Gasteiger partial charge in [-0.25, -0.2) is 4.58 Å². The van der Waals surface area contributed by atoms with E-state index in [1.54, 1.807) is 6.92 Å². The summed E-state index contributed by atoms with van der Waals surface area (Å²) in [7, 11) is 4.04. The molecule has 12 heavy (non-hydrogen) atoms. The lowest BCUT2D eigenvalue weighted by atomic mass is 10.3. The van der Waals surface area contributed by atoms with E-state index >= 15 is 0 Å². The second-order valence-electron chi connectivity index (χ2n) is 3.12. The zero-order valence-corrected chi connectivity index (χ0v) is 8.26. The second-order valence-corrected chi connectivity index (χ2v) is 3.12. The summed E-state index contributed by atoms with van der Waals surface area (Å²) in [5, 5.41) is 2.77. The van der Waals surface area contributed by atoms with Gasteiger partial charge in [-0.05, 0) is 12.8 Å². The highest BCUT2D eigenvalue weighted by Crippen LogP contribution is 1.90. The van der Waals surface area contributed by atoms with Crippen LogP contribution in [0.5, 0.6) is 0 Å². The normalized spacial score (nSPS) is 9.25. The molecule has 0 heterocycles. The van der Waals surface area contributed by atoms with E-state index in [-0.39, 0.29) is 5.91 Å². The number of hydrogen-bond acceptors (Lipinski definition) is 1. The van der Waals surface area contributed by atoms with Crippen LogP contribution in [0.1, 0.15) is 26.2 Å². The third kappa shape index (κ3) is 9.14. The molecule has 0 unspecified atom stereocenters. The van der Waals surface area contributed by atoms with Gasteiger partial charge in [0, 0.05) is 19.9 Å². The lowest BCUT2D eigenvalue weighted by Gasteiger charge is -1.98. The van der Waals surface area contributed by atoms with Gasteiger partial charge in [-0.2, -0.15) is 0 Å². The second kappa shape index (κ2) is 6.83. The Morgan fingerprint density at radius 2 is 2.08 bits per heavy atom. The van der Waals surface area contributed by atoms with Gasteiger partial charge in [-0.15, -0.1) is 0 Å². The summed E-state index contributed by atoms with van der Waals surface area (Å²) in [6.07, 6.45) is 5.43. The van der Waals surface area contributed by atoms with Crippen LogP contribution in [-0.4, -0.2) is 37.3 Å². The van der Waals surface area contributed by atoms with E-state index in [2.05, 4.69) is 16.1 Å². The summed E-state index contributed by atoms with van der Waals surface area (Å²) in [5.41, 5.74) is 0. The van der Waals surface area contributed by atoms with E-state index in [0.29, 0.717) is 0 Å². The summed E-state index contributed by atoms with van der Waals surface area (Å²) < 4.78 is 2.05. The first-order valence-electron chi connectivity index (χ1n) is 4.37. The molecule has 3 heteroatoms. The van der Waals surface area contributed by atoms with Gasteiger partial charge >= 0.3 is 0 Å². The zero-order chi connectivity index (χ0) is 9.40. The maximum absolute atomic E-state index is 10.5. The summed E-state index contributed by atoms with van der Waals surface area (Å²) in [6.45, 7) is 2.35. The maximum Gasteiger partial charge on any atom is 0.216 e. The van der Waals surface area contributed by atoms with Gasteiger partial charge in [0.25, 0.3) is 0 Å². The van der Waals surface area contributed by atoms with Crippen molar-refractivity contribution in [2.75, 3.05) is 20.6 Å². The van der Waals surface area contributed by atoms with Crippen LogP contribution in [-0.2, 0) is 4.79 Å². The lowest BCUT2D eigenvalue weighted by Crippen LogP contribution is -2.20. The Morgan fingerprint density at radius 3 is 2.58 bits per heavy atom. The van der Waals surface area contributed by atoms with Crippen molar-refractivity contribution in [3.05, 3.63) is 0 Å². The molecule has 0 aliphatic heterocycles. The van der Waals surface area contributed by atoms with Crippen molar-refractivity contribution in [1.82, 2.24) is 5.32 Å². The Kier molecular flexibility index (Phi) is 6.34. The third-order valence-corrected chi connectivity index (χ3v) is 1.50. The van der Waals surface area contributed by atoms with E-state index in [9.17, 15) is 4.79 Å². The molecule has 0 fully saturated rings. The van der Waals surface area contributed by atoms with Crippen molar-refractivity contribution in [3.8, 4) is 0 Å². The first-order chi connectivity index (χ1) is 5.63. The van der Waals surface area contributed by atoms with Gasteiger partial charge < -0.3 is 5.32 Å². The van der Waals surface area contributed by atoms with Crippen molar-refractivity contribution in [2.24, 2.45) is 0 Å². The highest BCUT2D eigenvalue weighted by Gasteiger charge is 1.91. The Balaban J connectivity index is 3.11. The molecule has 0 aromatic heterocycles. The van der Waals surface area contributed by atoms with Crippen molar-refractivity contribution in [2.45, 2.75) is 26.2 Å². The molecule has 0 bridgehead atoms. The van der Waals surface area contributed by atoms with Gasteiger partial charge in [0.05, 0.1) is 0 Å². The number of nitrogens with zero attached hydrogens (tertiary/aromatic N) is 1. The van der Waals surface area contributed by atoms with Crippen LogP contribution in [0.25, 0.3) is 0 Å². The molecule has 0 spiro atoms. The van der Waals surface area contributed by atoms with Crippen LogP contribution in [0.15, 0.2) is 0 Å². The van der Waals surface area contributed by atoms with E-state index in [0.717, 1.165) is 25.8 Å². The molecule has 0 rings (SSSR count). The monoisotopic (exact) mass is 173 g/mol. The van der Waals surface area contributed by atoms with Crippen LogP contribution in [0.4, 0.5) is 0 Å². The fourth-order valence-electron chi connectivity index (χ4n) is 0.883. The smallest absolute Gasteiger partial charge is 0.216 e. The predicted octanol–water partition coefficient (Wildman–Crippen LogP) is 0.636. The minimum Gasteiger partial charge on any atom is -0.356 e. The Hall–Kier alpha value is -0.860. The summed E-state index contributed by atoms with van der Waals surface area (Å²) in [6, 6.07) is 0. The molecule has 1 amide bonds. The number of amides is 1. The molecular weight excluding hydrogens is 154 g/mol. The first kappa shape index (κ1) is 11.1. The highest BCUT2D eigenvalue weighted by molar-refractivity contribution is 5.72. The average molecular weight is 173 g/mol. The van der Waals surface area contributed by atoms with Gasteiger partial charge in [0.1, 0.15) is 20.3 Å². The largest absolute Gasteiger partial charge is 0.356 e. The molecule has 0 saturated heterocycles. The molecule has 0 saturated carbocycles. The van der Waals surface area contributed by atoms with Gasteiger partial charge in [-0.3, -0.25) is 4.79 Å². The predicted molar refractivity (Wildman–Crippen MR) is 50.7 cm³/mol. The van der Waals surface area contributed by atoms with E-state index < -0.39 is 0 Å². The fourth-order valence-corrected chi connectivity index (χ4v) is 0.883. The number of carbonyl (C=O) groups excluding carboxylic acids is 1. The van der Waals surface area contributed by atoms with Gasteiger partial charge in [0.15, 0.2) is 0 Å². The molecule has 0 aromatic carbocycles. The number of nitrogens with one attached hydrogen (secondary N) is 1. The number of unbranched alkanes of at least 4 members (excludes halogenated alkanes) is 2. The molecule has 0 aliphatic rings. The molecular formula is C9H19N2O+. The topological polar surface area (TPSA) is 32.1 Å². The van der Waals surface area contributed by atoms with Crippen LogP contribution < -0.4 is 5.32 Å². The minimum absolute atomic E-state index is 0.0617. The van der Waals surface area contributed by atoms with Crippen molar-refractivity contribution >= 4 is 12.1 Å². The Morgan fingerprint density at radius 1 is 1.42 bits per heavy atom. The van der Waals surface area contributed by atoms with Gasteiger partial charge in [-0.1, -0.05) is 0 Å². The van der Waals surface area contributed by atoms with Crippen molar-refractivity contribution in [3.63, 3.8) is 0 Å². The molecule has 0 atom stereocenters. The summed E-state index contributed by atoms with van der Waals surface area (Å²) >= 11 is 0. The molecule has 0 radical (unpaired) electrons. The zero-order valence-electron chi connectivity index (χ0n) is 8.26. The van der Waals surface area contributed by atoms with Crippen LogP contribution in [0.2, 0.25) is 0 Å². The highest BCUT2D eigenvalue weighted by atomic mass is 16.2. The molecule has 0 aliphatic carbocycles. The van der Waals surface area contributed by atoms with Crippen LogP contribution >= 0.6 is 0 Å².